The number of hydrogen-bond acceptors (Lipinski definition) is 3. The van der Waals surface area contributed by atoms with Gasteiger partial charge in [-0.15, -0.1) is 0 Å². The predicted molar refractivity (Wildman–Crippen MR) is 81.6 cm³/mol. The Kier molecular flexibility index (Phi) is 4.28. The molecule has 0 fully saturated rings. The second-order valence-electron chi connectivity index (χ2n) is 3.77. The second kappa shape index (κ2) is 5.93. The number of nitrogens with two attached hydrogens (primary N) is 1. The van der Waals surface area contributed by atoms with Gasteiger partial charge in [-0.05, 0) is 45.8 Å². The molecule has 0 amide bonds. The van der Waals surface area contributed by atoms with Crippen molar-refractivity contribution < 1.29 is 0 Å². The van der Waals surface area contributed by atoms with Crippen molar-refractivity contribution in [2.24, 2.45) is 5.73 Å². The summed E-state index contributed by atoms with van der Waals surface area (Å²) in [6.07, 6.45) is 3.60. The van der Waals surface area contributed by atoms with Crippen LogP contribution in [0.1, 0.15) is 11.1 Å². The number of benzene rings is 1. The van der Waals surface area contributed by atoms with E-state index in [9.17, 15) is 0 Å². The molecule has 0 saturated carbocycles. The normalized spacial score (nSPS) is 10.1. The molecule has 1 heterocycles. The molecule has 0 atom stereocenters. The van der Waals surface area contributed by atoms with E-state index in [2.05, 4.69) is 26.2 Å². The molecular formula is C13H12BrN3S. The highest BCUT2D eigenvalue weighted by Gasteiger charge is 2.03. The Morgan fingerprint density at radius 1 is 1.39 bits per heavy atom. The molecule has 1 aromatic carbocycles. The summed E-state index contributed by atoms with van der Waals surface area (Å²) in [5.74, 6) is 0. The minimum absolute atomic E-state index is 0.390. The van der Waals surface area contributed by atoms with Crippen LogP contribution in [0.2, 0.25) is 0 Å². The van der Waals surface area contributed by atoms with Crippen molar-refractivity contribution in [3.63, 3.8) is 0 Å². The van der Waals surface area contributed by atoms with E-state index in [1.807, 2.05) is 36.5 Å². The molecule has 0 radical (unpaired) electrons. The van der Waals surface area contributed by atoms with Crippen LogP contribution in [-0.2, 0) is 6.54 Å². The molecule has 0 bridgehead atoms. The number of nitrogens with zero attached hydrogens (tertiary/aromatic N) is 1. The van der Waals surface area contributed by atoms with Crippen LogP contribution >= 0.6 is 28.1 Å². The topological polar surface area (TPSA) is 50.9 Å². The Hall–Kier alpha value is -1.46. The third-order valence-electron chi connectivity index (χ3n) is 2.45. The van der Waals surface area contributed by atoms with Crippen molar-refractivity contribution >= 4 is 38.8 Å². The molecule has 0 aliphatic heterocycles. The van der Waals surface area contributed by atoms with Crippen LogP contribution < -0.4 is 11.1 Å². The number of anilines is 1. The zero-order valence-corrected chi connectivity index (χ0v) is 12.0. The summed E-state index contributed by atoms with van der Waals surface area (Å²) in [7, 11) is 0. The first-order valence-corrected chi connectivity index (χ1v) is 6.59. The fourth-order valence-corrected chi connectivity index (χ4v) is 2.43. The van der Waals surface area contributed by atoms with Gasteiger partial charge in [-0.1, -0.05) is 18.3 Å². The SMILES string of the molecule is NC(=S)c1ccc(NCc2cccnc2)cc1Br. The average Bonchev–Trinajstić information content (AvgIpc) is 2.37. The third kappa shape index (κ3) is 3.27. The largest absolute Gasteiger partial charge is 0.389 e. The molecule has 5 heteroatoms. The second-order valence-corrected chi connectivity index (χ2v) is 5.07. The number of thiocarbonyl (C=S) groups is 1. The van der Waals surface area contributed by atoms with Crippen molar-refractivity contribution in [1.82, 2.24) is 4.98 Å². The number of hydrogen-bond donors (Lipinski definition) is 2. The molecule has 92 valence electrons. The van der Waals surface area contributed by atoms with E-state index in [1.54, 1.807) is 6.20 Å². The van der Waals surface area contributed by atoms with Crippen LogP contribution in [0.25, 0.3) is 0 Å². The molecule has 0 aliphatic rings. The summed E-state index contributed by atoms with van der Waals surface area (Å²) < 4.78 is 0.895. The third-order valence-corrected chi connectivity index (χ3v) is 3.33. The predicted octanol–water partition coefficient (Wildman–Crippen LogP) is 3.09. The van der Waals surface area contributed by atoms with Crippen molar-refractivity contribution in [3.8, 4) is 0 Å². The summed E-state index contributed by atoms with van der Waals surface area (Å²) in [5, 5.41) is 3.31. The van der Waals surface area contributed by atoms with E-state index < -0.39 is 0 Å². The summed E-state index contributed by atoms with van der Waals surface area (Å²) in [6, 6.07) is 9.76. The number of halogens is 1. The van der Waals surface area contributed by atoms with Crippen LogP contribution in [0, 0.1) is 0 Å². The fourth-order valence-electron chi connectivity index (χ4n) is 1.53. The molecule has 3 N–H and O–H groups in total. The van der Waals surface area contributed by atoms with Crippen LogP contribution in [0.3, 0.4) is 0 Å². The molecule has 2 aromatic rings. The highest BCUT2D eigenvalue weighted by Crippen LogP contribution is 2.21. The maximum atomic E-state index is 5.60. The van der Waals surface area contributed by atoms with E-state index in [1.165, 1.54) is 0 Å². The van der Waals surface area contributed by atoms with Gasteiger partial charge in [-0.3, -0.25) is 4.98 Å². The van der Waals surface area contributed by atoms with Crippen molar-refractivity contribution in [2.45, 2.75) is 6.54 Å². The smallest absolute Gasteiger partial charge is 0.105 e. The van der Waals surface area contributed by atoms with Gasteiger partial charge in [0.15, 0.2) is 0 Å². The molecule has 18 heavy (non-hydrogen) atoms. The van der Waals surface area contributed by atoms with Gasteiger partial charge in [-0.2, -0.15) is 0 Å². The van der Waals surface area contributed by atoms with Gasteiger partial charge in [0.05, 0.1) is 0 Å². The van der Waals surface area contributed by atoms with Gasteiger partial charge in [0.25, 0.3) is 0 Å². The summed E-state index contributed by atoms with van der Waals surface area (Å²) in [6.45, 7) is 0.729. The molecule has 0 unspecified atom stereocenters. The fraction of sp³-hybridized carbons (Fsp3) is 0.0769. The van der Waals surface area contributed by atoms with E-state index in [4.69, 9.17) is 18.0 Å². The molecule has 2 rings (SSSR count). The van der Waals surface area contributed by atoms with Gasteiger partial charge in [0.2, 0.25) is 0 Å². The first-order valence-electron chi connectivity index (χ1n) is 5.39. The number of pyridine rings is 1. The number of nitrogens with one attached hydrogen (secondary N) is 1. The number of rotatable bonds is 4. The maximum absolute atomic E-state index is 5.60. The lowest BCUT2D eigenvalue weighted by atomic mass is 10.2. The van der Waals surface area contributed by atoms with Crippen molar-refractivity contribution in [1.29, 1.82) is 0 Å². The van der Waals surface area contributed by atoms with E-state index in [-0.39, 0.29) is 0 Å². The highest BCUT2D eigenvalue weighted by molar-refractivity contribution is 9.10. The first-order chi connectivity index (χ1) is 8.66. The molecule has 1 aromatic heterocycles. The Balaban J connectivity index is 2.07. The molecular weight excluding hydrogens is 310 g/mol. The van der Waals surface area contributed by atoms with Gasteiger partial charge < -0.3 is 11.1 Å². The van der Waals surface area contributed by atoms with Gasteiger partial charge in [0, 0.05) is 34.7 Å². The average molecular weight is 322 g/mol. The summed E-state index contributed by atoms with van der Waals surface area (Å²) in [4.78, 5) is 4.46. The molecule has 0 spiro atoms. The Morgan fingerprint density at radius 2 is 2.22 bits per heavy atom. The molecule has 3 nitrogen and oxygen atoms in total. The van der Waals surface area contributed by atoms with E-state index in [0.29, 0.717) is 4.99 Å². The summed E-state index contributed by atoms with van der Waals surface area (Å²) >= 11 is 8.41. The standard InChI is InChI=1S/C13H12BrN3S/c14-12-6-10(3-4-11(12)13(15)18)17-8-9-2-1-5-16-7-9/h1-7,17H,8H2,(H2,15,18). The monoisotopic (exact) mass is 321 g/mol. The Bertz CT molecular complexity index is 557. The Labute approximate surface area is 120 Å². The minimum Gasteiger partial charge on any atom is -0.389 e. The lowest BCUT2D eigenvalue weighted by molar-refractivity contribution is 1.11. The van der Waals surface area contributed by atoms with Crippen LogP contribution in [-0.4, -0.2) is 9.97 Å². The van der Waals surface area contributed by atoms with Crippen LogP contribution in [0.4, 0.5) is 5.69 Å². The van der Waals surface area contributed by atoms with Crippen LogP contribution in [0.5, 0.6) is 0 Å². The van der Waals surface area contributed by atoms with Crippen molar-refractivity contribution in [3.05, 3.63) is 58.3 Å². The van der Waals surface area contributed by atoms with Gasteiger partial charge in [-0.25, -0.2) is 0 Å². The zero-order chi connectivity index (χ0) is 13.0. The first kappa shape index (κ1) is 13.0. The van der Waals surface area contributed by atoms with E-state index >= 15 is 0 Å². The molecule has 0 aliphatic carbocycles. The van der Waals surface area contributed by atoms with E-state index in [0.717, 1.165) is 27.8 Å². The lowest BCUT2D eigenvalue weighted by Gasteiger charge is -2.09. The van der Waals surface area contributed by atoms with Gasteiger partial charge in [0.1, 0.15) is 4.99 Å². The highest BCUT2D eigenvalue weighted by atomic mass is 79.9. The zero-order valence-electron chi connectivity index (χ0n) is 9.56. The van der Waals surface area contributed by atoms with Gasteiger partial charge >= 0.3 is 0 Å². The lowest BCUT2D eigenvalue weighted by Crippen LogP contribution is -2.10. The summed E-state index contributed by atoms with van der Waals surface area (Å²) in [5.41, 5.74) is 8.58. The number of aromatic nitrogens is 1. The molecule has 0 saturated heterocycles. The maximum Gasteiger partial charge on any atom is 0.105 e. The quantitative estimate of drug-likeness (QED) is 0.850. The van der Waals surface area contributed by atoms with Crippen LogP contribution in [0.15, 0.2) is 47.2 Å². The Morgan fingerprint density at radius 3 is 2.83 bits per heavy atom. The van der Waals surface area contributed by atoms with Crippen molar-refractivity contribution in [2.75, 3.05) is 5.32 Å². The minimum atomic E-state index is 0.390.